The Kier molecular flexibility index (Phi) is 6.06. The van der Waals surface area contributed by atoms with Crippen LogP contribution in [0.25, 0.3) is 0 Å². The summed E-state index contributed by atoms with van der Waals surface area (Å²) in [6, 6.07) is 23.3. The van der Waals surface area contributed by atoms with Crippen LogP contribution in [-0.2, 0) is 27.8 Å². The number of hydrogen-bond acceptors (Lipinski definition) is 4. The molecule has 160 valence electrons. The molecule has 0 spiro atoms. The van der Waals surface area contributed by atoms with Crippen LogP contribution in [-0.4, -0.2) is 27.0 Å². The first-order chi connectivity index (χ1) is 14.9. The molecule has 1 N–H and O–H groups in total. The number of ether oxygens (including phenoxy) is 1. The van der Waals surface area contributed by atoms with Crippen molar-refractivity contribution >= 4 is 21.6 Å². The van der Waals surface area contributed by atoms with Gasteiger partial charge in [-0.3, -0.25) is 4.79 Å². The number of fused-ring (bicyclic) bond motifs is 1. The van der Waals surface area contributed by atoms with Gasteiger partial charge in [-0.1, -0.05) is 48.5 Å². The molecule has 1 unspecified atom stereocenters. The Balaban J connectivity index is 1.36. The molecule has 0 aromatic heterocycles. The van der Waals surface area contributed by atoms with Crippen LogP contribution in [0.5, 0.6) is 5.75 Å². The molecule has 3 aromatic carbocycles. The van der Waals surface area contributed by atoms with Gasteiger partial charge < -0.3 is 9.64 Å². The highest BCUT2D eigenvalue weighted by atomic mass is 32.2. The van der Waals surface area contributed by atoms with E-state index in [1.165, 1.54) is 12.1 Å². The topological polar surface area (TPSA) is 75.7 Å². The third kappa shape index (κ3) is 4.78. The van der Waals surface area contributed by atoms with Crippen molar-refractivity contribution in [1.29, 1.82) is 0 Å². The summed E-state index contributed by atoms with van der Waals surface area (Å²) in [4.78, 5) is 14.6. The van der Waals surface area contributed by atoms with E-state index in [-0.39, 0.29) is 30.0 Å². The quantitative estimate of drug-likeness (QED) is 0.615. The van der Waals surface area contributed by atoms with E-state index in [2.05, 4.69) is 4.72 Å². The van der Waals surface area contributed by atoms with Crippen LogP contribution in [0.4, 0.5) is 5.69 Å². The molecule has 1 atom stereocenters. The molecular formula is C24H24N2O4S. The summed E-state index contributed by atoms with van der Waals surface area (Å²) in [5, 5.41) is 0. The first-order valence-electron chi connectivity index (χ1n) is 10.1. The molecular weight excluding hydrogens is 412 g/mol. The zero-order valence-corrected chi connectivity index (χ0v) is 18.0. The average molecular weight is 437 g/mol. The number of nitrogens with zero attached hydrogens (tertiary/aromatic N) is 1. The number of sulfonamides is 1. The Morgan fingerprint density at radius 3 is 2.42 bits per heavy atom. The summed E-state index contributed by atoms with van der Waals surface area (Å²) in [6.07, 6.45) is 0.824. The number of nitrogens with one attached hydrogen (secondary N) is 1. The van der Waals surface area contributed by atoms with Crippen molar-refractivity contribution in [2.45, 2.75) is 30.8 Å². The highest BCUT2D eigenvalue weighted by molar-refractivity contribution is 7.89. The summed E-state index contributed by atoms with van der Waals surface area (Å²) in [7, 11) is -3.64. The van der Waals surface area contributed by atoms with Crippen molar-refractivity contribution < 1.29 is 17.9 Å². The van der Waals surface area contributed by atoms with E-state index in [9.17, 15) is 13.2 Å². The fourth-order valence-corrected chi connectivity index (χ4v) is 4.75. The Morgan fingerprint density at radius 1 is 1.00 bits per heavy atom. The van der Waals surface area contributed by atoms with E-state index >= 15 is 0 Å². The first kappa shape index (κ1) is 21.1. The summed E-state index contributed by atoms with van der Waals surface area (Å²) in [5.41, 5.74) is 2.96. The van der Waals surface area contributed by atoms with Crippen molar-refractivity contribution in [3.05, 3.63) is 90.0 Å². The molecule has 0 aliphatic carbocycles. The second-order valence-corrected chi connectivity index (χ2v) is 9.28. The molecule has 3 aromatic rings. The first-order valence-corrected chi connectivity index (χ1v) is 11.6. The number of para-hydroxylation sites is 1. The van der Waals surface area contributed by atoms with Crippen LogP contribution in [0.1, 0.15) is 18.1 Å². The highest BCUT2D eigenvalue weighted by Crippen LogP contribution is 2.31. The van der Waals surface area contributed by atoms with Gasteiger partial charge in [-0.25, -0.2) is 13.1 Å². The number of hydrogen-bond donors (Lipinski definition) is 1. The summed E-state index contributed by atoms with van der Waals surface area (Å²) in [6.45, 7) is 2.11. The average Bonchev–Trinajstić information content (AvgIpc) is 3.13. The highest BCUT2D eigenvalue weighted by Gasteiger charge is 2.30. The van der Waals surface area contributed by atoms with Crippen LogP contribution in [0.2, 0.25) is 0 Å². The molecule has 1 amide bonds. The molecule has 6 nitrogen and oxygen atoms in total. The summed E-state index contributed by atoms with van der Waals surface area (Å²) < 4.78 is 33.2. The van der Waals surface area contributed by atoms with Crippen LogP contribution in [0.15, 0.2) is 83.8 Å². The van der Waals surface area contributed by atoms with Crippen LogP contribution >= 0.6 is 0 Å². The molecule has 7 heteroatoms. The van der Waals surface area contributed by atoms with Gasteiger partial charge in [0.25, 0.3) is 5.91 Å². The lowest BCUT2D eigenvalue weighted by atomic mass is 10.1. The van der Waals surface area contributed by atoms with Gasteiger partial charge in [-0.15, -0.1) is 0 Å². The molecule has 0 saturated heterocycles. The van der Waals surface area contributed by atoms with Gasteiger partial charge in [-0.2, -0.15) is 0 Å². The van der Waals surface area contributed by atoms with Gasteiger partial charge in [0, 0.05) is 18.3 Å². The molecule has 31 heavy (non-hydrogen) atoms. The minimum absolute atomic E-state index is 0.0803. The summed E-state index contributed by atoms with van der Waals surface area (Å²) >= 11 is 0. The maximum Gasteiger partial charge on any atom is 0.265 e. The summed E-state index contributed by atoms with van der Waals surface area (Å²) in [5.74, 6) is 0.314. The van der Waals surface area contributed by atoms with E-state index in [1.54, 1.807) is 17.0 Å². The van der Waals surface area contributed by atoms with E-state index in [0.29, 0.717) is 5.75 Å². The monoisotopic (exact) mass is 436 g/mol. The molecule has 0 bridgehead atoms. The van der Waals surface area contributed by atoms with E-state index in [4.69, 9.17) is 4.74 Å². The van der Waals surface area contributed by atoms with Crippen LogP contribution < -0.4 is 14.4 Å². The number of rotatable bonds is 7. The zero-order valence-electron chi connectivity index (χ0n) is 17.2. The maximum atomic E-state index is 12.7. The largest absolute Gasteiger partial charge is 0.484 e. The Hall–Kier alpha value is -3.16. The Morgan fingerprint density at radius 2 is 1.68 bits per heavy atom. The fourth-order valence-electron chi connectivity index (χ4n) is 3.73. The number of carbonyl (C=O) groups is 1. The van der Waals surface area contributed by atoms with Crippen molar-refractivity contribution in [2.75, 3.05) is 11.5 Å². The number of carbonyl (C=O) groups excluding carboxylic acids is 1. The predicted octanol–water partition coefficient (Wildman–Crippen LogP) is 3.52. The van der Waals surface area contributed by atoms with Gasteiger partial charge >= 0.3 is 0 Å². The van der Waals surface area contributed by atoms with Gasteiger partial charge in [-0.05, 0) is 54.8 Å². The normalized spacial score (nSPS) is 15.5. The molecule has 0 saturated carbocycles. The van der Waals surface area contributed by atoms with Crippen LogP contribution in [0.3, 0.4) is 0 Å². The van der Waals surface area contributed by atoms with Gasteiger partial charge in [0.2, 0.25) is 10.0 Å². The number of benzene rings is 3. The van der Waals surface area contributed by atoms with Crippen molar-refractivity contribution in [1.82, 2.24) is 4.72 Å². The van der Waals surface area contributed by atoms with Crippen molar-refractivity contribution in [3.63, 3.8) is 0 Å². The van der Waals surface area contributed by atoms with Crippen LogP contribution in [0, 0.1) is 0 Å². The molecule has 0 radical (unpaired) electrons. The number of amides is 1. The molecule has 1 heterocycles. The zero-order chi connectivity index (χ0) is 21.8. The van der Waals surface area contributed by atoms with E-state index in [0.717, 1.165) is 23.2 Å². The lowest BCUT2D eigenvalue weighted by Gasteiger charge is -2.22. The molecule has 1 aliphatic rings. The van der Waals surface area contributed by atoms with E-state index < -0.39 is 10.0 Å². The lowest BCUT2D eigenvalue weighted by Crippen LogP contribution is -2.39. The lowest BCUT2D eigenvalue weighted by molar-refractivity contribution is -0.120. The fraction of sp³-hybridized carbons (Fsp3) is 0.208. The van der Waals surface area contributed by atoms with Crippen molar-refractivity contribution in [2.24, 2.45) is 0 Å². The Bertz CT molecular complexity index is 1160. The SMILES string of the molecule is CC1Cc2ccccc2N1C(=O)COc1ccc(S(=O)(=O)NCc2ccccc2)cc1. The second-order valence-electron chi connectivity index (χ2n) is 7.52. The maximum absolute atomic E-state index is 12.7. The molecule has 1 aliphatic heterocycles. The third-order valence-corrected chi connectivity index (χ3v) is 6.70. The minimum Gasteiger partial charge on any atom is -0.484 e. The molecule has 4 rings (SSSR count). The van der Waals surface area contributed by atoms with E-state index in [1.807, 2.05) is 61.5 Å². The van der Waals surface area contributed by atoms with Gasteiger partial charge in [0.15, 0.2) is 6.61 Å². The van der Waals surface area contributed by atoms with Crippen molar-refractivity contribution in [3.8, 4) is 5.75 Å². The minimum atomic E-state index is -3.64. The second kappa shape index (κ2) is 8.91. The standard InChI is InChI=1S/C24H24N2O4S/c1-18-15-20-9-5-6-10-23(20)26(18)24(27)17-30-21-11-13-22(14-12-21)31(28,29)25-16-19-7-3-2-4-8-19/h2-14,18,25H,15-17H2,1H3. The number of anilines is 1. The van der Waals surface area contributed by atoms with Gasteiger partial charge in [0.05, 0.1) is 4.90 Å². The predicted molar refractivity (Wildman–Crippen MR) is 119 cm³/mol. The molecule has 0 fully saturated rings. The van der Waals surface area contributed by atoms with Gasteiger partial charge in [0.1, 0.15) is 5.75 Å². The smallest absolute Gasteiger partial charge is 0.265 e. The Labute approximate surface area is 182 Å². The third-order valence-electron chi connectivity index (χ3n) is 5.28.